The number of phenols is 1. The summed E-state index contributed by atoms with van der Waals surface area (Å²) < 4.78 is 36.3. The van der Waals surface area contributed by atoms with Gasteiger partial charge in [-0.05, 0) is 56.2 Å². The van der Waals surface area contributed by atoms with Crippen LogP contribution in [-0.2, 0) is 16.6 Å². The Morgan fingerprint density at radius 2 is 1.63 bits per heavy atom. The standard InChI is InChI=1S/C21H30N2O6S/c1-5-28-17-9-15(10-18(12-17)29-6-2)13-22-14(3)21(25)16-7-8-20(24)19(11-16)23-30(4,26)27/h7-12,14,21-25H,5-6,13H2,1-4H3/t14-,21?/m0/s1. The van der Waals surface area contributed by atoms with Crippen LogP contribution in [0.2, 0.25) is 0 Å². The van der Waals surface area contributed by atoms with Crippen molar-refractivity contribution in [3.8, 4) is 17.2 Å². The fraction of sp³-hybridized carbons (Fsp3) is 0.429. The van der Waals surface area contributed by atoms with Crippen LogP contribution in [0.25, 0.3) is 0 Å². The predicted octanol–water partition coefficient (Wildman–Crippen LogP) is 2.77. The van der Waals surface area contributed by atoms with E-state index < -0.39 is 16.1 Å². The maximum atomic E-state index is 11.5. The molecule has 2 rings (SSSR count). The first-order valence-corrected chi connectivity index (χ1v) is 11.6. The smallest absolute Gasteiger partial charge is 0.229 e. The number of phenolic OH excluding ortho intramolecular Hbond substituents is 1. The summed E-state index contributed by atoms with van der Waals surface area (Å²) in [5.74, 6) is 1.21. The van der Waals surface area contributed by atoms with E-state index >= 15 is 0 Å². The Bertz CT molecular complexity index is 924. The number of hydrogen-bond acceptors (Lipinski definition) is 7. The maximum absolute atomic E-state index is 11.5. The molecular formula is C21H30N2O6S. The number of aliphatic hydroxyl groups excluding tert-OH is 1. The predicted molar refractivity (Wildman–Crippen MR) is 117 cm³/mol. The van der Waals surface area contributed by atoms with Crippen LogP contribution >= 0.6 is 0 Å². The first-order chi connectivity index (χ1) is 14.1. The number of hydrogen-bond donors (Lipinski definition) is 4. The van der Waals surface area contributed by atoms with Crippen LogP contribution in [0.4, 0.5) is 5.69 Å². The molecule has 166 valence electrons. The number of anilines is 1. The van der Waals surface area contributed by atoms with E-state index in [2.05, 4.69) is 10.0 Å². The summed E-state index contributed by atoms with van der Waals surface area (Å²) in [6.07, 6.45) is 0.0687. The van der Waals surface area contributed by atoms with Crippen LogP contribution in [0, 0.1) is 0 Å². The SMILES string of the molecule is CCOc1cc(CN[C@@H](C)C(O)c2ccc(O)c(NS(C)(=O)=O)c2)cc(OCC)c1. The number of sulfonamides is 1. The molecule has 0 bridgehead atoms. The molecule has 0 amide bonds. The summed E-state index contributed by atoms with van der Waals surface area (Å²) in [5.41, 5.74) is 1.43. The number of rotatable bonds is 11. The number of benzene rings is 2. The van der Waals surface area contributed by atoms with Gasteiger partial charge in [0.15, 0.2) is 0 Å². The lowest BCUT2D eigenvalue weighted by Gasteiger charge is -2.22. The van der Waals surface area contributed by atoms with Crippen molar-refractivity contribution in [2.75, 3.05) is 24.2 Å². The van der Waals surface area contributed by atoms with Crippen LogP contribution in [-0.4, -0.2) is 44.1 Å². The molecule has 2 aromatic rings. The van der Waals surface area contributed by atoms with Crippen LogP contribution < -0.4 is 19.5 Å². The Labute approximate surface area is 177 Å². The molecule has 0 aromatic heterocycles. The van der Waals surface area contributed by atoms with Gasteiger partial charge in [0.25, 0.3) is 0 Å². The zero-order valence-electron chi connectivity index (χ0n) is 17.7. The van der Waals surface area contributed by atoms with Crippen LogP contribution in [0.5, 0.6) is 17.2 Å². The molecule has 2 aromatic carbocycles. The largest absolute Gasteiger partial charge is 0.506 e. The van der Waals surface area contributed by atoms with Crippen molar-refractivity contribution in [3.05, 3.63) is 47.5 Å². The van der Waals surface area contributed by atoms with Gasteiger partial charge in [0, 0.05) is 18.7 Å². The summed E-state index contributed by atoms with van der Waals surface area (Å²) in [6, 6.07) is 9.61. The first kappa shape index (κ1) is 23.8. The monoisotopic (exact) mass is 438 g/mol. The van der Waals surface area contributed by atoms with Crippen molar-refractivity contribution in [2.24, 2.45) is 0 Å². The maximum Gasteiger partial charge on any atom is 0.229 e. The molecule has 1 unspecified atom stereocenters. The average Bonchev–Trinajstić information content (AvgIpc) is 2.66. The van der Waals surface area contributed by atoms with Crippen molar-refractivity contribution in [1.29, 1.82) is 0 Å². The van der Waals surface area contributed by atoms with Crippen molar-refractivity contribution < 1.29 is 28.1 Å². The highest BCUT2D eigenvalue weighted by Gasteiger charge is 2.18. The van der Waals surface area contributed by atoms with Crippen LogP contribution in [0.3, 0.4) is 0 Å². The third-order valence-corrected chi connectivity index (χ3v) is 4.91. The summed E-state index contributed by atoms with van der Waals surface area (Å²) in [6.45, 7) is 7.19. The molecule has 8 nitrogen and oxygen atoms in total. The molecule has 0 saturated carbocycles. The molecular weight excluding hydrogens is 408 g/mol. The van der Waals surface area contributed by atoms with E-state index in [0.717, 1.165) is 11.8 Å². The van der Waals surface area contributed by atoms with E-state index in [1.165, 1.54) is 12.1 Å². The third-order valence-electron chi connectivity index (χ3n) is 4.32. The molecule has 0 heterocycles. The summed E-state index contributed by atoms with van der Waals surface area (Å²) in [4.78, 5) is 0. The highest BCUT2D eigenvalue weighted by Crippen LogP contribution is 2.29. The second kappa shape index (κ2) is 10.5. The zero-order valence-corrected chi connectivity index (χ0v) is 18.5. The minimum absolute atomic E-state index is 0.0204. The Morgan fingerprint density at radius 1 is 1.03 bits per heavy atom. The average molecular weight is 439 g/mol. The van der Waals surface area contributed by atoms with Crippen molar-refractivity contribution in [3.63, 3.8) is 0 Å². The van der Waals surface area contributed by atoms with Crippen molar-refractivity contribution >= 4 is 15.7 Å². The molecule has 0 aliphatic heterocycles. The summed E-state index contributed by atoms with van der Waals surface area (Å²) in [5, 5.41) is 23.8. The third kappa shape index (κ3) is 7.08. The fourth-order valence-corrected chi connectivity index (χ4v) is 3.49. The quantitative estimate of drug-likeness (QED) is 0.399. The molecule has 0 fully saturated rings. The van der Waals surface area contributed by atoms with Crippen LogP contribution in [0.1, 0.15) is 38.0 Å². The Balaban J connectivity index is 2.11. The second-order valence-electron chi connectivity index (χ2n) is 6.94. The number of ether oxygens (including phenoxy) is 2. The lowest BCUT2D eigenvalue weighted by Crippen LogP contribution is -2.31. The Hall–Kier alpha value is -2.49. The van der Waals surface area contributed by atoms with Crippen molar-refractivity contribution in [1.82, 2.24) is 5.32 Å². The molecule has 0 aliphatic carbocycles. The van der Waals surface area contributed by atoms with Crippen LogP contribution in [0.15, 0.2) is 36.4 Å². The van der Waals surface area contributed by atoms with Gasteiger partial charge in [-0.25, -0.2) is 8.42 Å². The minimum Gasteiger partial charge on any atom is -0.506 e. The van der Waals surface area contributed by atoms with E-state index in [1.54, 1.807) is 6.07 Å². The van der Waals surface area contributed by atoms with Gasteiger partial charge < -0.3 is 25.0 Å². The van der Waals surface area contributed by atoms with Gasteiger partial charge in [-0.3, -0.25) is 4.72 Å². The van der Waals surface area contributed by atoms with E-state index in [0.29, 0.717) is 36.8 Å². The second-order valence-corrected chi connectivity index (χ2v) is 8.69. The number of aromatic hydroxyl groups is 1. The molecule has 2 atom stereocenters. The molecule has 30 heavy (non-hydrogen) atoms. The highest BCUT2D eigenvalue weighted by atomic mass is 32.2. The Morgan fingerprint density at radius 3 is 2.17 bits per heavy atom. The Kier molecular flexibility index (Phi) is 8.33. The lowest BCUT2D eigenvalue weighted by molar-refractivity contribution is 0.135. The zero-order chi connectivity index (χ0) is 22.3. The molecule has 0 spiro atoms. The van der Waals surface area contributed by atoms with Gasteiger partial charge in [-0.15, -0.1) is 0 Å². The van der Waals surface area contributed by atoms with Gasteiger partial charge in [-0.1, -0.05) is 6.07 Å². The molecule has 0 aliphatic rings. The van der Waals surface area contributed by atoms with Gasteiger partial charge in [-0.2, -0.15) is 0 Å². The van der Waals surface area contributed by atoms with E-state index in [9.17, 15) is 18.6 Å². The van der Waals surface area contributed by atoms with Gasteiger partial charge in [0.1, 0.15) is 17.2 Å². The van der Waals surface area contributed by atoms with Crippen molar-refractivity contribution in [2.45, 2.75) is 39.5 Å². The van der Waals surface area contributed by atoms with Gasteiger partial charge in [0.05, 0.1) is 31.3 Å². The normalized spacial score (nSPS) is 13.5. The molecule has 0 radical (unpaired) electrons. The fourth-order valence-electron chi connectivity index (χ4n) is 2.93. The van der Waals surface area contributed by atoms with E-state index in [1.807, 2.05) is 39.0 Å². The van der Waals surface area contributed by atoms with E-state index in [4.69, 9.17) is 9.47 Å². The first-order valence-electron chi connectivity index (χ1n) is 9.74. The molecule has 0 saturated heterocycles. The lowest BCUT2D eigenvalue weighted by atomic mass is 10.0. The molecule has 9 heteroatoms. The summed E-state index contributed by atoms with van der Waals surface area (Å²) in [7, 11) is -3.56. The highest BCUT2D eigenvalue weighted by molar-refractivity contribution is 7.92. The topological polar surface area (TPSA) is 117 Å². The van der Waals surface area contributed by atoms with Gasteiger partial charge in [0.2, 0.25) is 10.0 Å². The number of nitrogens with one attached hydrogen (secondary N) is 2. The molecule has 4 N–H and O–H groups in total. The number of aliphatic hydroxyl groups is 1. The van der Waals surface area contributed by atoms with Gasteiger partial charge >= 0.3 is 0 Å². The minimum atomic E-state index is -3.56. The summed E-state index contributed by atoms with van der Waals surface area (Å²) >= 11 is 0. The van der Waals surface area contributed by atoms with E-state index in [-0.39, 0.29) is 17.5 Å².